The second kappa shape index (κ2) is 5.65. The second-order valence-electron chi connectivity index (χ2n) is 1.74. The van der Waals surface area contributed by atoms with Crippen molar-refractivity contribution < 1.29 is 0 Å². The zero-order chi connectivity index (χ0) is 8.69. The van der Waals surface area contributed by atoms with Gasteiger partial charge >= 0.3 is 0 Å². The number of aryl methyl sites for hydroxylation is 1. The van der Waals surface area contributed by atoms with Crippen LogP contribution in [0.1, 0.15) is 26.5 Å². The summed E-state index contributed by atoms with van der Waals surface area (Å²) >= 11 is 0. The maximum atomic E-state index is 5.46. The lowest BCUT2D eigenvalue weighted by atomic mass is 10.3. The third-order valence-corrected chi connectivity index (χ3v) is 1.14. The zero-order valence-electron chi connectivity index (χ0n) is 7.33. The van der Waals surface area contributed by atoms with E-state index in [1.54, 1.807) is 12.4 Å². The van der Waals surface area contributed by atoms with E-state index in [1.165, 1.54) is 0 Å². The minimum absolute atomic E-state index is 0.542. The Morgan fingerprint density at radius 2 is 1.82 bits per heavy atom. The number of nitrogens with two attached hydrogens (primary N) is 1. The van der Waals surface area contributed by atoms with Crippen LogP contribution in [0.25, 0.3) is 0 Å². The molecule has 0 saturated heterocycles. The van der Waals surface area contributed by atoms with Crippen molar-refractivity contribution in [2.45, 2.75) is 27.2 Å². The van der Waals surface area contributed by atoms with Gasteiger partial charge in [-0.15, -0.1) is 0 Å². The standard InChI is InChI=1S/C6H9N3.C2H6/c1-2-5-6(7)9-4-3-8-5;1-2/h3-4H,2H2,1H3,(H2,7,9);1-2H3. The summed E-state index contributed by atoms with van der Waals surface area (Å²) in [6.07, 6.45) is 4.09. The number of nitrogen functional groups attached to an aromatic ring is 1. The summed E-state index contributed by atoms with van der Waals surface area (Å²) in [5.74, 6) is 0.542. The van der Waals surface area contributed by atoms with Gasteiger partial charge in [-0.2, -0.15) is 0 Å². The van der Waals surface area contributed by atoms with Gasteiger partial charge < -0.3 is 5.73 Å². The molecule has 3 heteroatoms. The van der Waals surface area contributed by atoms with Crippen molar-refractivity contribution in [1.82, 2.24) is 9.97 Å². The van der Waals surface area contributed by atoms with Crippen LogP contribution >= 0.6 is 0 Å². The van der Waals surface area contributed by atoms with Crippen LogP contribution < -0.4 is 5.73 Å². The molecule has 1 aromatic rings. The van der Waals surface area contributed by atoms with E-state index in [0.29, 0.717) is 5.82 Å². The zero-order valence-corrected chi connectivity index (χ0v) is 7.33. The number of aromatic nitrogens is 2. The summed E-state index contributed by atoms with van der Waals surface area (Å²) in [4.78, 5) is 7.87. The van der Waals surface area contributed by atoms with Crippen molar-refractivity contribution in [1.29, 1.82) is 0 Å². The lowest BCUT2D eigenvalue weighted by Crippen LogP contribution is -1.97. The van der Waals surface area contributed by atoms with Crippen molar-refractivity contribution in [3.63, 3.8) is 0 Å². The van der Waals surface area contributed by atoms with Crippen LogP contribution in [0.15, 0.2) is 12.4 Å². The first-order valence-corrected chi connectivity index (χ1v) is 3.90. The third kappa shape index (κ3) is 2.98. The molecule has 0 atom stereocenters. The van der Waals surface area contributed by atoms with Gasteiger partial charge in [-0.1, -0.05) is 20.8 Å². The first-order valence-electron chi connectivity index (χ1n) is 3.90. The lowest BCUT2D eigenvalue weighted by Gasteiger charge is -1.96. The Morgan fingerprint density at radius 1 is 1.27 bits per heavy atom. The SMILES string of the molecule is CC.CCc1nccnc1N. The molecule has 0 aliphatic carbocycles. The van der Waals surface area contributed by atoms with E-state index >= 15 is 0 Å². The molecule has 0 radical (unpaired) electrons. The van der Waals surface area contributed by atoms with Gasteiger partial charge in [-0.05, 0) is 6.42 Å². The fraction of sp³-hybridized carbons (Fsp3) is 0.500. The molecule has 1 rings (SSSR count). The van der Waals surface area contributed by atoms with Gasteiger partial charge in [0.2, 0.25) is 0 Å². The molecule has 0 aromatic carbocycles. The maximum absolute atomic E-state index is 5.46. The Labute approximate surface area is 67.7 Å². The molecule has 1 heterocycles. The number of anilines is 1. The number of hydrogen-bond acceptors (Lipinski definition) is 3. The van der Waals surface area contributed by atoms with Crippen molar-refractivity contribution in [3.05, 3.63) is 18.1 Å². The van der Waals surface area contributed by atoms with Crippen molar-refractivity contribution in [2.24, 2.45) is 0 Å². The highest BCUT2D eigenvalue weighted by atomic mass is 14.9. The smallest absolute Gasteiger partial charge is 0.145 e. The van der Waals surface area contributed by atoms with E-state index in [4.69, 9.17) is 5.73 Å². The Kier molecular flexibility index (Phi) is 5.07. The van der Waals surface area contributed by atoms with E-state index in [9.17, 15) is 0 Å². The molecule has 0 aliphatic rings. The van der Waals surface area contributed by atoms with Crippen LogP contribution in [0.3, 0.4) is 0 Å². The number of hydrogen-bond donors (Lipinski definition) is 1. The molecule has 62 valence electrons. The van der Waals surface area contributed by atoms with E-state index in [0.717, 1.165) is 12.1 Å². The first kappa shape index (κ1) is 9.88. The molecule has 2 N–H and O–H groups in total. The minimum Gasteiger partial charge on any atom is -0.382 e. The van der Waals surface area contributed by atoms with Crippen molar-refractivity contribution in [2.75, 3.05) is 5.73 Å². The summed E-state index contributed by atoms with van der Waals surface area (Å²) in [6.45, 7) is 6.00. The quantitative estimate of drug-likeness (QED) is 0.667. The van der Waals surface area contributed by atoms with Crippen LogP contribution in [0.4, 0.5) is 5.82 Å². The van der Waals surface area contributed by atoms with E-state index in [-0.39, 0.29) is 0 Å². The maximum Gasteiger partial charge on any atom is 0.145 e. The average molecular weight is 153 g/mol. The summed E-state index contributed by atoms with van der Waals surface area (Å²) in [7, 11) is 0. The fourth-order valence-electron chi connectivity index (χ4n) is 0.650. The van der Waals surface area contributed by atoms with Gasteiger partial charge in [0.1, 0.15) is 5.82 Å². The molecule has 0 amide bonds. The highest BCUT2D eigenvalue weighted by molar-refractivity contribution is 5.32. The summed E-state index contributed by atoms with van der Waals surface area (Å²) in [5.41, 5.74) is 6.33. The van der Waals surface area contributed by atoms with Crippen LogP contribution in [-0.4, -0.2) is 9.97 Å². The Balaban J connectivity index is 0.000000461. The Hall–Kier alpha value is -1.12. The minimum atomic E-state index is 0.542. The molecular formula is C8H15N3. The monoisotopic (exact) mass is 153 g/mol. The normalized spacial score (nSPS) is 8.27. The van der Waals surface area contributed by atoms with Gasteiger partial charge in [-0.25, -0.2) is 4.98 Å². The predicted molar refractivity (Wildman–Crippen MR) is 47.2 cm³/mol. The topological polar surface area (TPSA) is 51.8 Å². The molecule has 0 fully saturated rings. The second-order valence-corrected chi connectivity index (χ2v) is 1.74. The Morgan fingerprint density at radius 3 is 2.18 bits per heavy atom. The first-order chi connectivity index (χ1) is 5.34. The summed E-state index contributed by atoms with van der Waals surface area (Å²) in [5, 5.41) is 0. The molecule has 3 nitrogen and oxygen atoms in total. The molecule has 0 spiro atoms. The number of rotatable bonds is 1. The van der Waals surface area contributed by atoms with Gasteiger partial charge in [-0.3, -0.25) is 4.98 Å². The molecule has 0 bridgehead atoms. The summed E-state index contributed by atoms with van der Waals surface area (Å²) < 4.78 is 0. The van der Waals surface area contributed by atoms with Crippen molar-refractivity contribution in [3.8, 4) is 0 Å². The fourth-order valence-corrected chi connectivity index (χ4v) is 0.650. The van der Waals surface area contributed by atoms with Gasteiger partial charge in [0.15, 0.2) is 0 Å². The summed E-state index contributed by atoms with van der Waals surface area (Å²) in [6, 6.07) is 0. The molecular weight excluding hydrogens is 138 g/mol. The molecule has 0 unspecified atom stereocenters. The highest BCUT2D eigenvalue weighted by Crippen LogP contribution is 2.01. The lowest BCUT2D eigenvalue weighted by molar-refractivity contribution is 1.01. The number of nitrogens with zero attached hydrogens (tertiary/aromatic N) is 2. The Bertz CT molecular complexity index is 198. The average Bonchev–Trinajstić information content (AvgIpc) is 2.09. The van der Waals surface area contributed by atoms with Crippen LogP contribution in [0.5, 0.6) is 0 Å². The van der Waals surface area contributed by atoms with Crippen molar-refractivity contribution >= 4 is 5.82 Å². The predicted octanol–water partition coefficient (Wildman–Crippen LogP) is 1.65. The molecule has 0 saturated carbocycles. The third-order valence-electron chi connectivity index (χ3n) is 1.14. The van der Waals surface area contributed by atoms with E-state index < -0.39 is 0 Å². The van der Waals surface area contributed by atoms with Gasteiger partial charge in [0.25, 0.3) is 0 Å². The van der Waals surface area contributed by atoms with E-state index in [2.05, 4.69) is 9.97 Å². The van der Waals surface area contributed by atoms with Gasteiger partial charge in [0.05, 0.1) is 5.69 Å². The van der Waals surface area contributed by atoms with E-state index in [1.807, 2.05) is 20.8 Å². The largest absolute Gasteiger partial charge is 0.382 e. The van der Waals surface area contributed by atoms with Gasteiger partial charge in [0, 0.05) is 12.4 Å². The van der Waals surface area contributed by atoms with Crippen LogP contribution in [0, 0.1) is 0 Å². The molecule has 1 aromatic heterocycles. The van der Waals surface area contributed by atoms with Crippen LogP contribution in [-0.2, 0) is 6.42 Å². The van der Waals surface area contributed by atoms with Crippen LogP contribution in [0.2, 0.25) is 0 Å². The highest BCUT2D eigenvalue weighted by Gasteiger charge is 1.93. The molecule has 11 heavy (non-hydrogen) atoms. The molecule has 0 aliphatic heterocycles.